The summed E-state index contributed by atoms with van der Waals surface area (Å²) < 4.78 is 0. The second-order valence-corrected chi connectivity index (χ2v) is 7.11. The first kappa shape index (κ1) is 18.4. The average molecular weight is 354 g/mol. The van der Waals surface area contributed by atoms with Crippen molar-refractivity contribution in [3.8, 4) is 0 Å². The number of aliphatic hydroxyl groups excluding tert-OH is 1. The molecule has 4 N–H and O–H groups in total. The number of hydrogen-bond acceptors (Lipinski definition) is 5. The fourth-order valence-corrected chi connectivity index (χ4v) is 3.41. The van der Waals surface area contributed by atoms with Gasteiger partial charge in [-0.2, -0.15) is 0 Å². The molecule has 1 saturated heterocycles. The predicted octanol–water partition coefficient (Wildman–Crippen LogP) is 1.76. The van der Waals surface area contributed by atoms with Crippen molar-refractivity contribution < 1.29 is 9.90 Å². The maximum absolute atomic E-state index is 11.9. The van der Waals surface area contributed by atoms with Gasteiger partial charge >= 0.3 is 0 Å². The minimum Gasteiger partial charge on any atom is -0.387 e. The monoisotopic (exact) mass is 354 g/mol. The van der Waals surface area contributed by atoms with E-state index in [9.17, 15) is 9.90 Å². The summed E-state index contributed by atoms with van der Waals surface area (Å²) in [4.78, 5) is 17.6. The molecule has 138 valence electrons. The summed E-state index contributed by atoms with van der Waals surface area (Å²) in [6.07, 6.45) is 3.83. The number of anilines is 1. The van der Waals surface area contributed by atoms with Gasteiger partial charge in [0.05, 0.1) is 6.10 Å². The topological polar surface area (TPSA) is 91.5 Å². The predicted molar refractivity (Wildman–Crippen MR) is 102 cm³/mol. The van der Waals surface area contributed by atoms with Crippen molar-refractivity contribution in [2.45, 2.75) is 37.5 Å². The third-order valence-corrected chi connectivity index (χ3v) is 4.90. The molecule has 6 nitrogen and oxygen atoms in total. The van der Waals surface area contributed by atoms with Gasteiger partial charge in [0.1, 0.15) is 5.82 Å². The van der Waals surface area contributed by atoms with E-state index >= 15 is 0 Å². The first-order valence-corrected chi connectivity index (χ1v) is 8.90. The van der Waals surface area contributed by atoms with Crippen LogP contribution in [0.4, 0.5) is 5.82 Å². The van der Waals surface area contributed by atoms with Crippen LogP contribution in [-0.2, 0) is 6.42 Å². The highest BCUT2D eigenvalue weighted by Crippen LogP contribution is 2.26. The fraction of sp³-hybridized carbons (Fsp3) is 0.400. The van der Waals surface area contributed by atoms with Crippen molar-refractivity contribution in [3.63, 3.8) is 0 Å². The summed E-state index contributed by atoms with van der Waals surface area (Å²) in [5, 5.41) is 14.1. The van der Waals surface area contributed by atoms with Crippen LogP contribution >= 0.6 is 0 Å². The van der Waals surface area contributed by atoms with Gasteiger partial charge in [-0.25, -0.2) is 4.98 Å². The normalized spacial score (nSPS) is 20.7. The van der Waals surface area contributed by atoms with Crippen molar-refractivity contribution in [2.24, 2.45) is 0 Å². The molecular weight excluding hydrogens is 328 g/mol. The van der Waals surface area contributed by atoms with Crippen LogP contribution in [0.2, 0.25) is 0 Å². The van der Waals surface area contributed by atoms with E-state index in [1.54, 1.807) is 31.3 Å². The molecule has 1 aliphatic rings. The SMILES string of the molecule is CN(C)C(=O)c1ccc(C[C@@H]2CCC(C(O)c3ccc(N)nc3)N2)cc1. The molecule has 1 amide bonds. The number of aromatic nitrogens is 1. The first-order valence-electron chi connectivity index (χ1n) is 8.90. The molecule has 0 spiro atoms. The molecule has 1 aliphatic heterocycles. The van der Waals surface area contributed by atoms with Gasteiger partial charge < -0.3 is 21.1 Å². The summed E-state index contributed by atoms with van der Waals surface area (Å²) in [5.74, 6) is 0.463. The van der Waals surface area contributed by atoms with Gasteiger partial charge in [-0.15, -0.1) is 0 Å². The smallest absolute Gasteiger partial charge is 0.253 e. The van der Waals surface area contributed by atoms with Crippen LogP contribution < -0.4 is 11.1 Å². The number of pyridine rings is 1. The van der Waals surface area contributed by atoms with Gasteiger partial charge in [0.25, 0.3) is 5.91 Å². The number of hydrogen-bond donors (Lipinski definition) is 3. The number of aliphatic hydroxyl groups is 1. The molecular formula is C20H26N4O2. The number of nitrogen functional groups attached to an aromatic ring is 1. The molecule has 2 aromatic rings. The van der Waals surface area contributed by atoms with E-state index in [0.717, 1.165) is 24.8 Å². The van der Waals surface area contributed by atoms with Crippen LogP contribution in [0.3, 0.4) is 0 Å². The molecule has 26 heavy (non-hydrogen) atoms. The molecule has 1 aromatic carbocycles. The molecule has 6 heteroatoms. The average Bonchev–Trinajstić information content (AvgIpc) is 3.10. The fourth-order valence-electron chi connectivity index (χ4n) is 3.41. The minimum atomic E-state index is -0.590. The summed E-state index contributed by atoms with van der Waals surface area (Å²) in [5.41, 5.74) is 8.26. The third kappa shape index (κ3) is 4.20. The maximum Gasteiger partial charge on any atom is 0.253 e. The first-order chi connectivity index (χ1) is 12.4. The molecule has 2 unspecified atom stereocenters. The number of nitrogens with zero attached hydrogens (tertiary/aromatic N) is 2. The van der Waals surface area contributed by atoms with Crippen LogP contribution in [0.15, 0.2) is 42.6 Å². The highest BCUT2D eigenvalue weighted by molar-refractivity contribution is 5.93. The Kier molecular flexibility index (Phi) is 5.54. The maximum atomic E-state index is 11.9. The van der Waals surface area contributed by atoms with E-state index in [0.29, 0.717) is 17.4 Å². The van der Waals surface area contributed by atoms with Crippen molar-refractivity contribution in [1.82, 2.24) is 15.2 Å². The Hall–Kier alpha value is -2.44. The molecule has 3 rings (SSSR count). The molecule has 3 atom stereocenters. The Balaban J connectivity index is 1.57. The van der Waals surface area contributed by atoms with Crippen molar-refractivity contribution in [3.05, 3.63) is 59.3 Å². The van der Waals surface area contributed by atoms with E-state index in [-0.39, 0.29) is 11.9 Å². The number of nitrogens with two attached hydrogens (primary N) is 1. The number of amides is 1. The molecule has 1 aromatic heterocycles. The van der Waals surface area contributed by atoms with Gasteiger partial charge in [0.2, 0.25) is 0 Å². The molecule has 0 radical (unpaired) electrons. The Morgan fingerprint density at radius 1 is 1.27 bits per heavy atom. The van der Waals surface area contributed by atoms with Crippen molar-refractivity contribution in [1.29, 1.82) is 0 Å². The lowest BCUT2D eigenvalue weighted by Gasteiger charge is -2.20. The van der Waals surface area contributed by atoms with Crippen LogP contribution in [-0.4, -0.2) is 47.1 Å². The Morgan fingerprint density at radius 2 is 2.00 bits per heavy atom. The zero-order chi connectivity index (χ0) is 18.7. The summed E-state index contributed by atoms with van der Waals surface area (Å²) in [6.45, 7) is 0. The molecule has 1 fully saturated rings. The van der Waals surface area contributed by atoms with E-state index < -0.39 is 6.10 Å². The lowest BCUT2D eigenvalue weighted by atomic mass is 10.0. The number of rotatable bonds is 5. The summed E-state index contributed by atoms with van der Waals surface area (Å²) >= 11 is 0. The van der Waals surface area contributed by atoms with Crippen molar-refractivity contribution >= 4 is 11.7 Å². The molecule has 0 aliphatic carbocycles. The third-order valence-electron chi connectivity index (χ3n) is 4.90. The quantitative estimate of drug-likeness (QED) is 0.761. The zero-order valence-electron chi connectivity index (χ0n) is 15.2. The van der Waals surface area contributed by atoms with Gasteiger partial charge in [0.15, 0.2) is 0 Å². The highest BCUT2D eigenvalue weighted by Gasteiger charge is 2.30. The van der Waals surface area contributed by atoms with Gasteiger partial charge in [-0.3, -0.25) is 4.79 Å². The Bertz CT molecular complexity index is 743. The number of benzene rings is 1. The van der Waals surface area contributed by atoms with Gasteiger partial charge in [-0.1, -0.05) is 18.2 Å². The standard InChI is InChI=1S/C20H26N4O2/c1-24(2)20(26)14-5-3-13(4-6-14)11-16-8-9-17(23-16)19(25)15-7-10-18(21)22-12-15/h3-7,10,12,16-17,19,23,25H,8-9,11H2,1-2H3,(H2,21,22)/t16-,17?,19?/m0/s1. The van der Waals surface area contributed by atoms with E-state index in [4.69, 9.17) is 5.73 Å². The van der Waals surface area contributed by atoms with E-state index in [1.807, 2.05) is 30.3 Å². The van der Waals surface area contributed by atoms with Gasteiger partial charge in [0, 0.05) is 43.5 Å². The minimum absolute atomic E-state index is 0.0100. The number of carbonyl (C=O) groups is 1. The Morgan fingerprint density at radius 3 is 2.62 bits per heavy atom. The van der Waals surface area contributed by atoms with Crippen LogP contribution in [0, 0.1) is 0 Å². The molecule has 2 heterocycles. The summed E-state index contributed by atoms with van der Waals surface area (Å²) in [7, 11) is 3.50. The highest BCUT2D eigenvalue weighted by atomic mass is 16.3. The van der Waals surface area contributed by atoms with E-state index in [2.05, 4.69) is 10.3 Å². The Labute approximate surface area is 154 Å². The zero-order valence-corrected chi connectivity index (χ0v) is 15.2. The lowest BCUT2D eigenvalue weighted by Crippen LogP contribution is -2.35. The van der Waals surface area contributed by atoms with Gasteiger partial charge in [-0.05, 0) is 43.0 Å². The van der Waals surface area contributed by atoms with E-state index in [1.165, 1.54) is 5.56 Å². The van der Waals surface area contributed by atoms with Crippen LogP contribution in [0.5, 0.6) is 0 Å². The van der Waals surface area contributed by atoms with Crippen molar-refractivity contribution in [2.75, 3.05) is 19.8 Å². The summed E-state index contributed by atoms with van der Waals surface area (Å²) in [6, 6.07) is 11.6. The lowest BCUT2D eigenvalue weighted by molar-refractivity contribution is 0.0827. The van der Waals surface area contributed by atoms with Crippen LogP contribution in [0.25, 0.3) is 0 Å². The number of nitrogens with one attached hydrogen (secondary N) is 1. The second-order valence-electron chi connectivity index (χ2n) is 7.11. The largest absolute Gasteiger partial charge is 0.387 e. The second kappa shape index (κ2) is 7.85. The molecule has 0 bridgehead atoms. The number of carbonyl (C=O) groups excluding carboxylic acids is 1. The molecule has 0 saturated carbocycles. The van der Waals surface area contributed by atoms with Crippen LogP contribution in [0.1, 0.15) is 40.4 Å².